The van der Waals surface area contributed by atoms with Gasteiger partial charge in [0.15, 0.2) is 0 Å². The SMILES string of the molecule is CCCC(CC)COC(C)CCC(C)N(C)CCS(C)(=O)=O. The minimum atomic E-state index is -2.88. The maximum Gasteiger partial charge on any atom is 0.148 e. The first-order valence-corrected chi connectivity index (χ1v) is 10.7. The lowest BCUT2D eigenvalue weighted by Crippen LogP contribution is -2.34. The van der Waals surface area contributed by atoms with E-state index in [1.807, 2.05) is 7.05 Å². The monoisotopic (exact) mass is 335 g/mol. The molecule has 4 nitrogen and oxygen atoms in total. The van der Waals surface area contributed by atoms with E-state index in [1.165, 1.54) is 25.5 Å². The van der Waals surface area contributed by atoms with Crippen LogP contribution in [0.4, 0.5) is 0 Å². The molecule has 0 aromatic carbocycles. The first-order valence-electron chi connectivity index (χ1n) is 8.69. The Balaban J connectivity index is 3.95. The van der Waals surface area contributed by atoms with E-state index in [0.717, 1.165) is 19.4 Å². The van der Waals surface area contributed by atoms with Crippen LogP contribution in [0.25, 0.3) is 0 Å². The van der Waals surface area contributed by atoms with Gasteiger partial charge in [-0.3, -0.25) is 0 Å². The molecule has 0 heterocycles. The summed E-state index contributed by atoms with van der Waals surface area (Å²) in [5, 5.41) is 0. The van der Waals surface area contributed by atoms with Gasteiger partial charge in [0, 0.05) is 25.4 Å². The maximum atomic E-state index is 11.2. The highest BCUT2D eigenvalue weighted by molar-refractivity contribution is 7.90. The molecule has 0 saturated heterocycles. The lowest BCUT2D eigenvalue weighted by atomic mass is 10.0. The Morgan fingerprint density at radius 1 is 1.09 bits per heavy atom. The van der Waals surface area contributed by atoms with Gasteiger partial charge in [0.25, 0.3) is 0 Å². The molecule has 0 N–H and O–H groups in total. The standard InChI is InChI=1S/C17H37NO3S/c1-7-9-17(8-2)14-21-16(4)11-10-15(3)18(5)12-13-22(6,19)20/h15-17H,7-14H2,1-6H3. The average Bonchev–Trinajstić information content (AvgIpc) is 2.45. The third kappa shape index (κ3) is 11.4. The van der Waals surface area contributed by atoms with Crippen molar-refractivity contribution in [2.75, 3.05) is 32.2 Å². The van der Waals surface area contributed by atoms with Crippen LogP contribution in [0.2, 0.25) is 0 Å². The zero-order chi connectivity index (χ0) is 17.2. The minimum Gasteiger partial charge on any atom is -0.378 e. The second-order valence-corrected chi connectivity index (χ2v) is 9.00. The summed E-state index contributed by atoms with van der Waals surface area (Å²) in [5.74, 6) is 0.914. The molecule has 0 fully saturated rings. The van der Waals surface area contributed by atoms with Crippen molar-refractivity contribution in [3.05, 3.63) is 0 Å². The van der Waals surface area contributed by atoms with Crippen LogP contribution >= 0.6 is 0 Å². The predicted molar refractivity (Wildman–Crippen MR) is 95.1 cm³/mol. The normalized spacial score (nSPS) is 16.7. The van der Waals surface area contributed by atoms with Gasteiger partial charge in [-0.1, -0.05) is 26.7 Å². The van der Waals surface area contributed by atoms with Crippen LogP contribution in [0.1, 0.15) is 59.8 Å². The number of nitrogens with zero attached hydrogens (tertiary/aromatic N) is 1. The van der Waals surface area contributed by atoms with Gasteiger partial charge in [0.2, 0.25) is 0 Å². The number of sulfone groups is 1. The van der Waals surface area contributed by atoms with E-state index in [4.69, 9.17) is 4.74 Å². The van der Waals surface area contributed by atoms with Crippen molar-refractivity contribution in [3.8, 4) is 0 Å². The van der Waals surface area contributed by atoms with E-state index in [-0.39, 0.29) is 11.9 Å². The summed E-state index contributed by atoms with van der Waals surface area (Å²) < 4.78 is 28.4. The van der Waals surface area contributed by atoms with Crippen molar-refractivity contribution in [2.24, 2.45) is 5.92 Å². The summed E-state index contributed by atoms with van der Waals surface area (Å²) >= 11 is 0. The number of rotatable bonds is 13. The van der Waals surface area contributed by atoms with Gasteiger partial charge < -0.3 is 9.64 Å². The molecule has 0 bridgehead atoms. The van der Waals surface area contributed by atoms with Crippen molar-refractivity contribution in [1.29, 1.82) is 0 Å². The van der Waals surface area contributed by atoms with Crippen molar-refractivity contribution >= 4 is 9.84 Å². The molecule has 0 aliphatic rings. The first-order chi connectivity index (χ1) is 10.2. The molecular formula is C17H37NO3S. The number of ether oxygens (including phenoxy) is 1. The van der Waals surface area contributed by atoms with E-state index >= 15 is 0 Å². The molecule has 0 radical (unpaired) electrons. The molecule has 0 aliphatic carbocycles. The van der Waals surface area contributed by atoms with Crippen LogP contribution in [0.5, 0.6) is 0 Å². The van der Waals surface area contributed by atoms with Crippen LogP contribution in [0.3, 0.4) is 0 Å². The van der Waals surface area contributed by atoms with Crippen LogP contribution < -0.4 is 0 Å². The zero-order valence-corrected chi connectivity index (χ0v) is 16.3. The lowest BCUT2D eigenvalue weighted by molar-refractivity contribution is 0.0275. The minimum absolute atomic E-state index is 0.231. The molecule has 134 valence electrons. The van der Waals surface area contributed by atoms with Crippen LogP contribution in [-0.4, -0.2) is 57.7 Å². The van der Waals surface area contributed by atoms with Gasteiger partial charge in [-0.05, 0) is 46.1 Å². The second kappa shape index (κ2) is 11.4. The van der Waals surface area contributed by atoms with Crippen molar-refractivity contribution in [3.63, 3.8) is 0 Å². The average molecular weight is 336 g/mol. The fourth-order valence-electron chi connectivity index (χ4n) is 2.42. The molecule has 22 heavy (non-hydrogen) atoms. The largest absolute Gasteiger partial charge is 0.378 e. The van der Waals surface area contributed by atoms with Crippen LogP contribution in [-0.2, 0) is 14.6 Å². The van der Waals surface area contributed by atoms with Crippen LogP contribution in [0.15, 0.2) is 0 Å². The Hall–Kier alpha value is -0.130. The Kier molecular flexibility index (Phi) is 11.3. The Bertz CT molecular complexity index is 370. The van der Waals surface area contributed by atoms with E-state index < -0.39 is 9.84 Å². The van der Waals surface area contributed by atoms with Gasteiger partial charge in [-0.2, -0.15) is 0 Å². The maximum absolute atomic E-state index is 11.2. The van der Waals surface area contributed by atoms with Crippen molar-refractivity contribution in [1.82, 2.24) is 4.90 Å². The number of hydrogen-bond acceptors (Lipinski definition) is 4. The fraction of sp³-hybridized carbons (Fsp3) is 1.00. The smallest absolute Gasteiger partial charge is 0.148 e. The highest BCUT2D eigenvalue weighted by Crippen LogP contribution is 2.14. The van der Waals surface area contributed by atoms with Crippen LogP contribution in [0, 0.1) is 5.92 Å². The molecule has 0 aromatic heterocycles. The molecule has 0 rings (SSSR count). The summed E-state index contributed by atoms with van der Waals surface area (Å²) in [4.78, 5) is 2.12. The van der Waals surface area contributed by atoms with E-state index in [9.17, 15) is 8.42 Å². The Morgan fingerprint density at radius 3 is 2.23 bits per heavy atom. The van der Waals surface area contributed by atoms with Gasteiger partial charge >= 0.3 is 0 Å². The Labute approximate surface area is 138 Å². The lowest BCUT2D eigenvalue weighted by Gasteiger charge is -2.26. The number of hydrogen-bond donors (Lipinski definition) is 0. The van der Waals surface area contributed by atoms with Crippen molar-refractivity contribution in [2.45, 2.75) is 71.9 Å². The van der Waals surface area contributed by atoms with Gasteiger partial charge in [-0.15, -0.1) is 0 Å². The molecular weight excluding hydrogens is 298 g/mol. The van der Waals surface area contributed by atoms with Gasteiger partial charge in [0.05, 0.1) is 11.9 Å². The third-order valence-electron chi connectivity index (χ3n) is 4.45. The molecule has 0 spiro atoms. The summed E-state index contributed by atoms with van der Waals surface area (Å²) in [6.45, 7) is 10.2. The molecule has 0 saturated carbocycles. The summed E-state index contributed by atoms with van der Waals surface area (Å²) in [5.41, 5.74) is 0. The zero-order valence-electron chi connectivity index (χ0n) is 15.5. The molecule has 0 amide bonds. The third-order valence-corrected chi connectivity index (χ3v) is 5.37. The van der Waals surface area contributed by atoms with Gasteiger partial charge in [-0.25, -0.2) is 8.42 Å². The second-order valence-electron chi connectivity index (χ2n) is 6.74. The molecule has 3 atom stereocenters. The topological polar surface area (TPSA) is 46.6 Å². The fourth-order valence-corrected chi connectivity index (χ4v) is 3.04. The van der Waals surface area contributed by atoms with Crippen molar-refractivity contribution < 1.29 is 13.2 Å². The quantitative estimate of drug-likeness (QED) is 0.518. The molecule has 3 unspecified atom stereocenters. The first kappa shape index (κ1) is 21.9. The van der Waals surface area contributed by atoms with E-state index in [2.05, 4.69) is 32.6 Å². The molecule has 0 aromatic rings. The predicted octanol–water partition coefficient (Wildman–Crippen LogP) is 3.36. The Morgan fingerprint density at radius 2 is 1.73 bits per heavy atom. The van der Waals surface area contributed by atoms with E-state index in [1.54, 1.807) is 0 Å². The van der Waals surface area contributed by atoms with Gasteiger partial charge in [0.1, 0.15) is 9.84 Å². The summed E-state index contributed by atoms with van der Waals surface area (Å²) in [6, 6.07) is 0.380. The van der Waals surface area contributed by atoms with E-state index in [0.29, 0.717) is 18.5 Å². The summed E-state index contributed by atoms with van der Waals surface area (Å²) in [7, 11) is -0.881. The molecule has 0 aliphatic heterocycles. The molecule has 5 heteroatoms. The highest BCUT2D eigenvalue weighted by atomic mass is 32.2. The summed E-state index contributed by atoms with van der Waals surface area (Å²) in [6.07, 6.45) is 7.27. The highest BCUT2D eigenvalue weighted by Gasteiger charge is 2.14.